The molecule has 2 aromatic rings. The van der Waals surface area contributed by atoms with Gasteiger partial charge in [-0.3, -0.25) is 19.3 Å². The maximum Gasteiger partial charge on any atom is 0.261 e. The van der Waals surface area contributed by atoms with Crippen molar-refractivity contribution in [1.29, 1.82) is 0 Å². The standard InChI is InChI=1S/C21H23N5O3/c1-13(2)26-20(28)16-5-4-15(11-17(16)21(26)29)19(27)25-8-6-24(7-9-25)18-10-14(3)22-12-23-18/h4-5,10-13H,6-9H2,1-3H3. The maximum absolute atomic E-state index is 13.0. The minimum Gasteiger partial charge on any atom is -0.353 e. The van der Waals surface area contributed by atoms with Crippen molar-refractivity contribution < 1.29 is 14.4 Å². The van der Waals surface area contributed by atoms with Crippen molar-refractivity contribution >= 4 is 23.5 Å². The molecule has 0 atom stereocenters. The molecule has 0 radical (unpaired) electrons. The van der Waals surface area contributed by atoms with Crippen molar-refractivity contribution in [2.75, 3.05) is 31.1 Å². The highest BCUT2D eigenvalue weighted by atomic mass is 16.2. The topological polar surface area (TPSA) is 86.7 Å². The molecule has 29 heavy (non-hydrogen) atoms. The zero-order chi connectivity index (χ0) is 20.7. The molecule has 1 aromatic heterocycles. The number of amides is 3. The third-order valence-electron chi connectivity index (χ3n) is 5.36. The lowest BCUT2D eigenvalue weighted by atomic mass is 10.0. The van der Waals surface area contributed by atoms with Crippen molar-refractivity contribution in [2.24, 2.45) is 0 Å². The monoisotopic (exact) mass is 393 g/mol. The molecule has 3 amide bonds. The Morgan fingerprint density at radius 3 is 2.31 bits per heavy atom. The SMILES string of the molecule is Cc1cc(N2CCN(C(=O)c3ccc4c(c3)C(=O)N(C(C)C)C4=O)CC2)ncn1. The molecule has 8 heteroatoms. The van der Waals surface area contributed by atoms with Crippen LogP contribution in [0.1, 0.15) is 50.6 Å². The van der Waals surface area contributed by atoms with Crippen LogP contribution in [0.2, 0.25) is 0 Å². The van der Waals surface area contributed by atoms with Crippen LogP contribution in [-0.4, -0.2) is 69.7 Å². The van der Waals surface area contributed by atoms with Crippen LogP contribution in [0.15, 0.2) is 30.6 Å². The summed E-state index contributed by atoms with van der Waals surface area (Å²) in [5.41, 5.74) is 2.01. The molecule has 2 aliphatic rings. The lowest BCUT2D eigenvalue weighted by Crippen LogP contribution is -2.49. The highest BCUT2D eigenvalue weighted by molar-refractivity contribution is 6.22. The van der Waals surface area contributed by atoms with Gasteiger partial charge in [0.1, 0.15) is 12.1 Å². The number of hydrogen-bond donors (Lipinski definition) is 0. The number of imide groups is 1. The van der Waals surface area contributed by atoms with Crippen LogP contribution in [0, 0.1) is 6.92 Å². The van der Waals surface area contributed by atoms with E-state index in [4.69, 9.17) is 0 Å². The maximum atomic E-state index is 13.0. The Bertz CT molecular complexity index is 996. The first-order valence-corrected chi connectivity index (χ1v) is 9.71. The van der Waals surface area contributed by atoms with E-state index >= 15 is 0 Å². The molecule has 3 heterocycles. The van der Waals surface area contributed by atoms with E-state index in [1.54, 1.807) is 43.3 Å². The number of fused-ring (bicyclic) bond motifs is 1. The summed E-state index contributed by atoms with van der Waals surface area (Å²) < 4.78 is 0. The number of benzene rings is 1. The van der Waals surface area contributed by atoms with E-state index in [1.165, 1.54) is 4.90 Å². The summed E-state index contributed by atoms with van der Waals surface area (Å²) >= 11 is 0. The van der Waals surface area contributed by atoms with Gasteiger partial charge >= 0.3 is 0 Å². The van der Waals surface area contributed by atoms with E-state index in [0.29, 0.717) is 42.9 Å². The summed E-state index contributed by atoms with van der Waals surface area (Å²) in [4.78, 5) is 51.5. The van der Waals surface area contributed by atoms with Crippen LogP contribution in [0.5, 0.6) is 0 Å². The van der Waals surface area contributed by atoms with Crippen LogP contribution in [-0.2, 0) is 0 Å². The van der Waals surface area contributed by atoms with Crippen LogP contribution in [0.3, 0.4) is 0 Å². The van der Waals surface area contributed by atoms with E-state index in [2.05, 4.69) is 14.9 Å². The molecule has 0 unspecified atom stereocenters. The average Bonchev–Trinajstić information content (AvgIpc) is 2.97. The molecular weight excluding hydrogens is 370 g/mol. The van der Waals surface area contributed by atoms with Gasteiger partial charge < -0.3 is 9.80 Å². The van der Waals surface area contributed by atoms with Crippen molar-refractivity contribution in [1.82, 2.24) is 19.8 Å². The predicted molar refractivity (Wildman–Crippen MR) is 107 cm³/mol. The first kappa shape index (κ1) is 19.0. The molecule has 2 aliphatic heterocycles. The molecule has 150 valence electrons. The average molecular weight is 393 g/mol. The van der Waals surface area contributed by atoms with Gasteiger partial charge in [-0.25, -0.2) is 9.97 Å². The Morgan fingerprint density at radius 2 is 1.66 bits per heavy atom. The second kappa shape index (κ2) is 7.27. The number of piperazine rings is 1. The second-order valence-corrected chi connectivity index (χ2v) is 7.63. The van der Waals surface area contributed by atoms with Gasteiger partial charge in [-0.15, -0.1) is 0 Å². The van der Waals surface area contributed by atoms with Crippen molar-refractivity contribution in [3.8, 4) is 0 Å². The fourth-order valence-electron chi connectivity index (χ4n) is 3.80. The predicted octanol–water partition coefficient (Wildman–Crippen LogP) is 1.75. The molecule has 1 fully saturated rings. The molecular formula is C21H23N5O3. The Balaban J connectivity index is 1.48. The molecule has 0 aliphatic carbocycles. The normalized spacial score (nSPS) is 16.6. The van der Waals surface area contributed by atoms with E-state index in [9.17, 15) is 14.4 Å². The highest BCUT2D eigenvalue weighted by Crippen LogP contribution is 2.26. The molecule has 1 saturated heterocycles. The third kappa shape index (κ3) is 3.35. The van der Waals surface area contributed by atoms with Gasteiger partial charge in [-0.2, -0.15) is 0 Å². The molecule has 0 N–H and O–H groups in total. The zero-order valence-electron chi connectivity index (χ0n) is 16.8. The van der Waals surface area contributed by atoms with Gasteiger partial charge in [0, 0.05) is 49.5 Å². The largest absolute Gasteiger partial charge is 0.353 e. The molecule has 4 rings (SSSR count). The number of hydrogen-bond acceptors (Lipinski definition) is 6. The Morgan fingerprint density at radius 1 is 0.966 bits per heavy atom. The number of anilines is 1. The number of aromatic nitrogens is 2. The van der Waals surface area contributed by atoms with Crippen molar-refractivity contribution in [3.63, 3.8) is 0 Å². The van der Waals surface area contributed by atoms with E-state index in [1.807, 2.05) is 13.0 Å². The van der Waals surface area contributed by atoms with Crippen molar-refractivity contribution in [3.05, 3.63) is 53.0 Å². The molecule has 1 aromatic carbocycles. The smallest absolute Gasteiger partial charge is 0.261 e. The van der Waals surface area contributed by atoms with Gasteiger partial charge in [0.25, 0.3) is 17.7 Å². The van der Waals surface area contributed by atoms with Crippen LogP contribution >= 0.6 is 0 Å². The van der Waals surface area contributed by atoms with E-state index < -0.39 is 0 Å². The quantitative estimate of drug-likeness (QED) is 0.739. The molecule has 0 bridgehead atoms. The number of carbonyl (C=O) groups excluding carboxylic acids is 3. The van der Waals surface area contributed by atoms with E-state index in [-0.39, 0.29) is 23.8 Å². The summed E-state index contributed by atoms with van der Waals surface area (Å²) in [5.74, 6) is 0.0981. The van der Waals surface area contributed by atoms with E-state index in [0.717, 1.165) is 11.5 Å². The Hall–Kier alpha value is -3.29. The molecule has 0 spiro atoms. The highest BCUT2D eigenvalue weighted by Gasteiger charge is 2.37. The summed E-state index contributed by atoms with van der Waals surface area (Å²) in [6.45, 7) is 7.98. The summed E-state index contributed by atoms with van der Waals surface area (Å²) in [6, 6.07) is 6.49. The molecule has 8 nitrogen and oxygen atoms in total. The second-order valence-electron chi connectivity index (χ2n) is 7.63. The van der Waals surface area contributed by atoms with Crippen LogP contribution in [0.4, 0.5) is 5.82 Å². The van der Waals surface area contributed by atoms with Gasteiger partial charge in [0.15, 0.2) is 0 Å². The first-order chi connectivity index (χ1) is 13.9. The van der Waals surface area contributed by atoms with Gasteiger partial charge in [-0.1, -0.05) is 0 Å². The fourth-order valence-corrected chi connectivity index (χ4v) is 3.80. The van der Waals surface area contributed by atoms with Crippen LogP contribution < -0.4 is 4.90 Å². The minimum atomic E-state index is -0.335. The number of carbonyl (C=O) groups is 3. The lowest BCUT2D eigenvalue weighted by Gasteiger charge is -2.35. The first-order valence-electron chi connectivity index (χ1n) is 9.71. The molecule has 0 saturated carbocycles. The number of nitrogens with zero attached hydrogens (tertiary/aromatic N) is 5. The third-order valence-corrected chi connectivity index (χ3v) is 5.36. The van der Waals surface area contributed by atoms with Gasteiger partial charge in [0.05, 0.1) is 11.1 Å². The zero-order valence-corrected chi connectivity index (χ0v) is 16.8. The minimum absolute atomic E-state index is 0.130. The Labute approximate surface area is 169 Å². The van der Waals surface area contributed by atoms with Crippen LogP contribution in [0.25, 0.3) is 0 Å². The number of rotatable bonds is 3. The van der Waals surface area contributed by atoms with Gasteiger partial charge in [0.2, 0.25) is 0 Å². The lowest BCUT2D eigenvalue weighted by molar-refractivity contribution is 0.0608. The summed E-state index contributed by atoms with van der Waals surface area (Å²) in [7, 11) is 0. The van der Waals surface area contributed by atoms with Crippen molar-refractivity contribution in [2.45, 2.75) is 26.8 Å². The summed E-state index contributed by atoms with van der Waals surface area (Å²) in [6.07, 6.45) is 1.55. The summed E-state index contributed by atoms with van der Waals surface area (Å²) in [5, 5.41) is 0. The Kier molecular flexibility index (Phi) is 4.77. The van der Waals surface area contributed by atoms with Gasteiger partial charge in [-0.05, 0) is 39.0 Å². The number of aryl methyl sites for hydroxylation is 1. The fraction of sp³-hybridized carbons (Fsp3) is 0.381.